The number of hydrogen-bond donors (Lipinski definition) is 2. The van der Waals surface area contributed by atoms with Crippen LogP contribution in [0.3, 0.4) is 0 Å². The molecule has 0 bridgehead atoms. The summed E-state index contributed by atoms with van der Waals surface area (Å²) < 4.78 is 4.96. The van der Waals surface area contributed by atoms with Crippen molar-refractivity contribution in [3.63, 3.8) is 0 Å². The van der Waals surface area contributed by atoms with E-state index in [9.17, 15) is 10.1 Å². The molecule has 14 heavy (non-hydrogen) atoms. The third-order valence-electron chi connectivity index (χ3n) is 1.22. The number of thioether (sulfide) groups is 1. The van der Waals surface area contributed by atoms with Crippen molar-refractivity contribution in [2.45, 2.75) is 0 Å². The van der Waals surface area contributed by atoms with Crippen molar-refractivity contribution in [1.82, 2.24) is 5.32 Å². The fourth-order valence-corrected chi connectivity index (χ4v) is 1.12. The Morgan fingerprint density at radius 1 is 1.71 bits per heavy atom. The van der Waals surface area contributed by atoms with Crippen LogP contribution in [0.2, 0.25) is 0 Å². The molecule has 0 radical (unpaired) electrons. The molecule has 0 aromatic rings. The second kappa shape index (κ2) is 8.79. The Labute approximate surface area is 86.5 Å². The van der Waals surface area contributed by atoms with Gasteiger partial charge in [0.05, 0.1) is 24.7 Å². The lowest BCUT2D eigenvalue weighted by molar-refractivity contribution is -0.403. The Bertz CT molecular complexity index is 198. The van der Waals surface area contributed by atoms with E-state index in [0.29, 0.717) is 18.2 Å². The van der Waals surface area contributed by atoms with Crippen LogP contribution in [0, 0.1) is 10.1 Å². The third-order valence-corrected chi connectivity index (χ3v) is 1.91. The maximum absolute atomic E-state index is 10.1. The number of nitrogens with zero attached hydrogens (tertiary/aromatic N) is 1. The highest BCUT2D eigenvalue weighted by molar-refractivity contribution is 8.02. The summed E-state index contributed by atoms with van der Waals surface area (Å²) in [6.07, 6.45) is 2.66. The molecule has 0 fully saturated rings. The minimum absolute atomic E-state index is 0.0138. The summed E-state index contributed by atoms with van der Waals surface area (Å²) in [4.78, 5) is 9.61. The molecule has 0 unspecified atom stereocenters. The second-order valence-electron chi connectivity index (χ2n) is 2.25. The van der Waals surface area contributed by atoms with E-state index in [1.165, 1.54) is 11.8 Å². The molecular weight excluding hydrogens is 208 g/mol. The standard InChI is InChI=1S/C7H14N2O4S/c1-14-7(6-9(11)12)8-2-4-13-5-3-10/h6,8,10H,2-5H2,1H3/b7-6-. The Morgan fingerprint density at radius 2 is 2.43 bits per heavy atom. The fraction of sp³-hybridized carbons (Fsp3) is 0.714. The first-order chi connectivity index (χ1) is 6.70. The summed E-state index contributed by atoms with van der Waals surface area (Å²) in [7, 11) is 0. The zero-order valence-electron chi connectivity index (χ0n) is 7.93. The summed E-state index contributed by atoms with van der Waals surface area (Å²) in [5.41, 5.74) is 0. The molecule has 0 amide bonds. The molecule has 0 heterocycles. The van der Waals surface area contributed by atoms with Crippen molar-refractivity contribution in [2.75, 3.05) is 32.6 Å². The first kappa shape index (κ1) is 13.2. The molecule has 0 aliphatic carbocycles. The van der Waals surface area contributed by atoms with Gasteiger partial charge in [-0.1, -0.05) is 0 Å². The molecule has 0 aliphatic heterocycles. The van der Waals surface area contributed by atoms with E-state index in [1.54, 1.807) is 6.26 Å². The van der Waals surface area contributed by atoms with Crippen LogP contribution in [0.25, 0.3) is 0 Å². The van der Waals surface area contributed by atoms with Crippen LogP contribution in [0.1, 0.15) is 0 Å². The number of aliphatic hydroxyl groups is 1. The Hall–Kier alpha value is -0.790. The van der Waals surface area contributed by atoms with Gasteiger partial charge in [-0.15, -0.1) is 11.8 Å². The minimum atomic E-state index is -0.507. The number of nitrogens with one attached hydrogen (secondary N) is 1. The van der Waals surface area contributed by atoms with E-state index in [2.05, 4.69) is 5.32 Å². The monoisotopic (exact) mass is 222 g/mol. The largest absolute Gasteiger partial charge is 0.394 e. The Kier molecular flexibility index (Phi) is 8.30. The van der Waals surface area contributed by atoms with Gasteiger partial charge < -0.3 is 15.2 Å². The van der Waals surface area contributed by atoms with E-state index in [-0.39, 0.29) is 13.2 Å². The number of rotatable bonds is 8. The number of ether oxygens (including phenoxy) is 1. The zero-order valence-corrected chi connectivity index (χ0v) is 8.75. The quantitative estimate of drug-likeness (QED) is 0.342. The van der Waals surface area contributed by atoms with Crippen molar-refractivity contribution < 1.29 is 14.8 Å². The van der Waals surface area contributed by atoms with Crippen molar-refractivity contribution in [2.24, 2.45) is 0 Å². The maximum atomic E-state index is 10.1. The van der Waals surface area contributed by atoms with Gasteiger partial charge in [0, 0.05) is 6.54 Å². The highest BCUT2D eigenvalue weighted by Crippen LogP contribution is 2.06. The van der Waals surface area contributed by atoms with Gasteiger partial charge in [0.1, 0.15) is 5.03 Å². The highest BCUT2D eigenvalue weighted by Gasteiger charge is 1.99. The van der Waals surface area contributed by atoms with Crippen molar-refractivity contribution in [3.8, 4) is 0 Å². The molecule has 0 aromatic heterocycles. The lowest BCUT2D eigenvalue weighted by Gasteiger charge is -2.05. The molecule has 0 aromatic carbocycles. The summed E-state index contributed by atoms with van der Waals surface area (Å²) >= 11 is 1.27. The molecule has 0 aliphatic rings. The average Bonchev–Trinajstić information content (AvgIpc) is 2.15. The van der Waals surface area contributed by atoms with Crippen molar-refractivity contribution >= 4 is 11.8 Å². The van der Waals surface area contributed by atoms with E-state index >= 15 is 0 Å². The molecule has 82 valence electrons. The van der Waals surface area contributed by atoms with Crippen molar-refractivity contribution in [3.05, 3.63) is 21.3 Å². The first-order valence-corrected chi connectivity index (χ1v) is 5.25. The molecule has 7 heteroatoms. The van der Waals surface area contributed by atoms with Crippen LogP contribution < -0.4 is 5.32 Å². The first-order valence-electron chi connectivity index (χ1n) is 4.02. The van der Waals surface area contributed by atoms with Gasteiger partial charge in [-0.25, -0.2) is 0 Å². The van der Waals surface area contributed by atoms with E-state index in [0.717, 1.165) is 6.20 Å². The Morgan fingerprint density at radius 3 is 2.93 bits per heavy atom. The molecule has 0 spiro atoms. The predicted molar refractivity (Wildman–Crippen MR) is 54.5 cm³/mol. The minimum Gasteiger partial charge on any atom is -0.394 e. The smallest absolute Gasteiger partial charge is 0.263 e. The summed E-state index contributed by atoms with van der Waals surface area (Å²) in [5, 5.41) is 21.8. The SMILES string of the molecule is CS/C(=C\[N+](=O)[O-])NCCOCCO. The molecule has 0 saturated heterocycles. The van der Waals surface area contributed by atoms with Gasteiger partial charge >= 0.3 is 0 Å². The van der Waals surface area contributed by atoms with Gasteiger partial charge in [-0.2, -0.15) is 0 Å². The highest BCUT2D eigenvalue weighted by atomic mass is 32.2. The summed E-state index contributed by atoms with van der Waals surface area (Å²) in [5.74, 6) is 0. The van der Waals surface area contributed by atoms with Crippen LogP contribution in [0.4, 0.5) is 0 Å². The van der Waals surface area contributed by atoms with Gasteiger partial charge in [-0.05, 0) is 6.26 Å². The van der Waals surface area contributed by atoms with Crippen LogP contribution in [-0.4, -0.2) is 42.7 Å². The van der Waals surface area contributed by atoms with Crippen LogP contribution in [0.5, 0.6) is 0 Å². The average molecular weight is 222 g/mol. The van der Waals surface area contributed by atoms with Gasteiger partial charge in [0.15, 0.2) is 0 Å². The number of hydrogen-bond acceptors (Lipinski definition) is 6. The summed E-state index contributed by atoms with van der Waals surface area (Å²) in [6, 6.07) is 0. The topological polar surface area (TPSA) is 84.6 Å². The van der Waals surface area contributed by atoms with Crippen LogP contribution in [0.15, 0.2) is 11.2 Å². The molecule has 2 N–H and O–H groups in total. The third kappa shape index (κ3) is 7.84. The van der Waals surface area contributed by atoms with Gasteiger partial charge in [0.2, 0.25) is 0 Å². The molecule has 0 atom stereocenters. The van der Waals surface area contributed by atoms with Crippen LogP contribution in [-0.2, 0) is 4.74 Å². The molecule has 6 nitrogen and oxygen atoms in total. The van der Waals surface area contributed by atoms with E-state index in [4.69, 9.17) is 9.84 Å². The lowest BCUT2D eigenvalue weighted by Crippen LogP contribution is -2.19. The van der Waals surface area contributed by atoms with E-state index in [1.807, 2.05) is 0 Å². The number of aliphatic hydroxyl groups excluding tert-OH is 1. The van der Waals surface area contributed by atoms with Crippen LogP contribution >= 0.6 is 11.8 Å². The molecule has 0 rings (SSSR count). The molecule has 0 saturated carbocycles. The van der Waals surface area contributed by atoms with Crippen molar-refractivity contribution in [1.29, 1.82) is 0 Å². The number of nitro groups is 1. The summed E-state index contributed by atoms with van der Waals surface area (Å²) in [6.45, 7) is 1.17. The van der Waals surface area contributed by atoms with E-state index < -0.39 is 4.92 Å². The lowest BCUT2D eigenvalue weighted by atomic mass is 10.6. The predicted octanol–water partition coefficient (Wildman–Crippen LogP) is 0.0235. The zero-order chi connectivity index (χ0) is 10.8. The maximum Gasteiger partial charge on any atom is 0.263 e. The van der Waals surface area contributed by atoms with Gasteiger partial charge in [-0.3, -0.25) is 10.1 Å². The fourth-order valence-electron chi connectivity index (χ4n) is 0.679. The second-order valence-corrected chi connectivity index (χ2v) is 3.09. The normalized spacial score (nSPS) is 11.4. The Balaban J connectivity index is 3.58. The molecular formula is C7H14N2O4S. The van der Waals surface area contributed by atoms with Gasteiger partial charge in [0.25, 0.3) is 6.20 Å².